The van der Waals surface area contributed by atoms with E-state index in [1.54, 1.807) is 16.8 Å². The summed E-state index contributed by atoms with van der Waals surface area (Å²) in [5.74, 6) is -2.54. The van der Waals surface area contributed by atoms with Crippen LogP contribution in [0.1, 0.15) is 17.7 Å². The molecule has 0 radical (unpaired) electrons. The molecule has 204 valence electrons. The molecule has 6 rings (SSSR count). The average molecular weight is 567 g/mol. The first kappa shape index (κ1) is 25.6. The Morgan fingerprint density at radius 2 is 1.88 bits per heavy atom. The number of aromatic nitrogens is 5. The van der Waals surface area contributed by atoms with Crippen molar-refractivity contribution in [3.05, 3.63) is 83.7 Å². The standard InChI is InChI=1S/C26H21F3N8O2S/c1-14-15(27)4-2-6-21(14)40(38,39)36-18-8-7-16(28)24(23(18)29)34-26-25-19(31-13-32-26)9-10-22(33-25)37-12-20-17(35-37)5-3-11-30-20/h2,4,6-10,12-13,30,36H,3,5,11H2,1H3,(H,31,32,34). The van der Waals surface area contributed by atoms with Crippen molar-refractivity contribution in [3.63, 3.8) is 0 Å². The van der Waals surface area contributed by atoms with Gasteiger partial charge in [-0.3, -0.25) is 4.72 Å². The second-order valence-electron chi connectivity index (χ2n) is 9.10. The zero-order chi connectivity index (χ0) is 28.0. The van der Waals surface area contributed by atoms with E-state index < -0.39 is 38.8 Å². The van der Waals surface area contributed by atoms with Crippen molar-refractivity contribution in [2.45, 2.75) is 24.7 Å². The Bertz CT molecular complexity index is 1870. The Labute approximate surface area is 226 Å². The molecule has 1 aliphatic rings. The highest BCUT2D eigenvalue weighted by Gasteiger charge is 2.23. The summed E-state index contributed by atoms with van der Waals surface area (Å²) in [6.45, 7) is 2.13. The van der Waals surface area contributed by atoms with Gasteiger partial charge in [0.15, 0.2) is 17.5 Å². The lowest BCUT2D eigenvalue weighted by Crippen LogP contribution is -2.16. The van der Waals surface area contributed by atoms with Crippen LogP contribution in [-0.2, 0) is 16.4 Å². The Kier molecular flexibility index (Phi) is 6.25. The predicted octanol–water partition coefficient (Wildman–Crippen LogP) is 4.84. The fraction of sp³-hybridized carbons (Fsp3) is 0.154. The number of rotatable bonds is 6. The molecule has 0 bridgehead atoms. The molecule has 1 aliphatic heterocycles. The smallest absolute Gasteiger partial charge is 0.262 e. The third-order valence-corrected chi connectivity index (χ3v) is 7.99. The minimum absolute atomic E-state index is 0.0133. The van der Waals surface area contributed by atoms with Gasteiger partial charge in [0, 0.05) is 12.1 Å². The third-order valence-electron chi connectivity index (χ3n) is 6.48. The van der Waals surface area contributed by atoms with E-state index in [0.29, 0.717) is 11.3 Å². The predicted molar refractivity (Wildman–Crippen MR) is 143 cm³/mol. The van der Waals surface area contributed by atoms with E-state index in [1.165, 1.54) is 25.4 Å². The van der Waals surface area contributed by atoms with Gasteiger partial charge in [-0.15, -0.1) is 0 Å². The summed E-state index contributed by atoms with van der Waals surface area (Å²) in [5.41, 5.74) is 1.08. The van der Waals surface area contributed by atoms with Crippen LogP contribution in [0.5, 0.6) is 0 Å². The van der Waals surface area contributed by atoms with Gasteiger partial charge in [-0.1, -0.05) is 6.07 Å². The Morgan fingerprint density at radius 1 is 1.02 bits per heavy atom. The normalized spacial score (nSPS) is 13.1. The van der Waals surface area contributed by atoms with E-state index in [4.69, 9.17) is 0 Å². The lowest BCUT2D eigenvalue weighted by atomic mass is 10.1. The molecule has 0 atom stereocenters. The van der Waals surface area contributed by atoms with Gasteiger partial charge in [0.2, 0.25) is 0 Å². The lowest BCUT2D eigenvalue weighted by molar-refractivity contribution is 0.585. The van der Waals surface area contributed by atoms with Crippen molar-refractivity contribution in [3.8, 4) is 5.82 Å². The first-order chi connectivity index (χ1) is 19.2. The largest absolute Gasteiger partial charge is 0.382 e. The zero-order valence-electron chi connectivity index (χ0n) is 20.9. The van der Waals surface area contributed by atoms with Crippen molar-refractivity contribution in [1.29, 1.82) is 0 Å². The first-order valence-electron chi connectivity index (χ1n) is 12.2. The zero-order valence-corrected chi connectivity index (χ0v) is 21.7. The van der Waals surface area contributed by atoms with E-state index >= 15 is 4.39 Å². The molecule has 0 saturated heterocycles. The SMILES string of the molecule is Cc1c(F)cccc1S(=O)(=O)Nc1ccc(F)c(Nc2ncnc3ccc(-n4cc5c(n4)CCCN5)nc23)c1F. The summed E-state index contributed by atoms with van der Waals surface area (Å²) in [5, 5.41) is 10.5. The third kappa shape index (κ3) is 4.55. The maximum atomic E-state index is 15.5. The molecule has 0 spiro atoms. The molecular formula is C26H21F3N8O2S. The van der Waals surface area contributed by atoms with Crippen LogP contribution in [-0.4, -0.2) is 39.7 Å². The number of nitrogens with one attached hydrogen (secondary N) is 3. The molecule has 2 aromatic carbocycles. The summed E-state index contributed by atoms with van der Waals surface area (Å²) < 4.78 is 73.8. The average Bonchev–Trinajstić information content (AvgIpc) is 3.38. The van der Waals surface area contributed by atoms with E-state index in [0.717, 1.165) is 49.0 Å². The number of sulfonamides is 1. The maximum Gasteiger partial charge on any atom is 0.262 e. The second-order valence-corrected chi connectivity index (χ2v) is 10.8. The molecule has 10 nitrogen and oxygen atoms in total. The second kappa shape index (κ2) is 9.79. The Morgan fingerprint density at radius 3 is 2.70 bits per heavy atom. The fourth-order valence-electron chi connectivity index (χ4n) is 4.43. The van der Waals surface area contributed by atoms with Crippen LogP contribution in [0.4, 0.5) is 36.1 Å². The minimum atomic E-state index is -4.40. The highest BCUT2D eigenvalue weighted by molar-refractivity contribution is 7.92. The highest BCUT2D eigenvalue weighted by atomic mass is 32.2. The van der Waals surface area contributed by atoms with Crippen LogP contribution in [0, 0.1) is 24.4 Å². The Hall–Kier alpha value is -4.72. The van der Waals surface area contributed by atoms with Crippen molar-refractivity contribution >= 4 is 43.9 Å². The van der Waals surface area contributed by atoms with Gasteiger partial charge >= 0.3 is 0 Å². The molecule has 4 heterocycles. The molecule has 14 heteroatoms. The fourth-order valence-corrected chi connectivity index (χ4v) is 5.75. The number of anilines is 4. The van der Waals surface area contributed by atoms with Gasteiger partial charge in [0.05, 0.1) is 33.7 Å². The van der Waals surface area contributed by atoms with E-state index in [1.807, 2.05) is 6.20 Å². The monoisotopic (exact) mass is 566 g/mol. The van der Waals surface area contributed by atoms with Crippen LogP contribution >= 0.6 is 0 Å². The number of pyridine rings is 1. The quantitative estimate of drug-likeness (QED) is 0.267. The van der Waals surface area contributed by atoms with Crippen LogP contribution in [0.25, 0.3) is 16.9 Å². The molecule has 40 heavy (non-hydrogen) atoms. The molecule has 0 unspecified atom stereocenters. The number of fused-ring (bicyclic) bond motifs is 2. The molecule has 3 aromatic heterocycles. The highest BCUT2D eigenvalue weighted by Crippen LogP contribution is 2.32. The van der Waals surface area contributed by atoms with Crippen molar-refractivity contribution < 1.29 is 21.6 Å². The summed E-state index contributed by atoms with van der Waals surface area (Å²) >= 11 is 0. The van der Waals surface area contributed by atoms with Gasteiger partial charge in [-0.2, -0.15) is 5.10 Å². The van der Waals surface area contributed by atoms with Gasteiger partial charge < -0.3 is 10.6 Å². The number of halogens is 3. The van der Waals surface area contributed by atoms with E-state index in [9.17, 15) is 17.2 Å². The summed E-state index contributed by atoms with van der Waals surface area (Å²) in [6.07, 6.45) is 4.81. The van der Waals surface area contributed by atoms with Crippen LogP contribution in [0.3, 0.4) is 0 Å². The summed E-state index contributed by atoms with van der Waals surface area (Å²) in [7, 11) is -4.40. The maximum absolute atomic E-state index is 15.5. The molecule has 0 fully saturated rings. The number of hydrogen-bond donors (Lipinski definition) is 3. The summed E-state index contributed by atoms with van der Waals surface area (Å²) in [4.78, 5) is 12.5. The number of benzene rings is 2. The lowest BCUT2D eigenvalue weighted by Gasteiger charge is -2.15. The van der Waals surface area contributed by atoms with Crippen LogP contribution in [0.15, 0.2) is 59.9 Å². The molecule has 0 saturated carbocycles. The van der Waals surface area contributed by atoms with Crippen LogP contribution in [0.2, 0.25) is 0 Å². The van der Waals surface area contributed by atoms with Gasteiger partial charge in [-0.05, 0) is 56.2 Å². The molecule has 0 amide bonds. The molecule has 0 aliphatic carbocycles. The number of aryl methyl sites for hydroxylation is 1. The van der Waals surface area contributed by atoms with Gasteiger partial charge in [0.1, 0.15) is 29.2 Å². The van der Waals surface area contributed by atoms with E-state index in [2.05, 4.69) is 35.4 Å². The minimum Gasteiger partial charge on any atom is -0.382 e. The van der Waals surface area contributed by atoms with Gasteiger partial charge in [0.25, 0.3) is 10.0 Å². The number of hydrogen-bond acceptors (Lipinski definition) is 8. The number of nitrogens with zero attached hydrogens (tertiary/aromatic N) is 5. The van der Waals surface area contributed by atoms with Crippen molar-refractivity contribution in [1.82, 2.24) is 24.7 Å². The van der Waals surface area contributed by atoms with Crippen molar-refractivity contribution in [2.24, 2.45) is 0 Å². The topological polar surface area (TPSA) is 127 Å². The van der Waals surface area contributed by atoms with E-state index in [-0.39, 0.29) is 21.8 Å². The Balaban J connectivity index is 1.36. The molecule has 5 aromatic rings. The molecule has 3 N–H and O–H groups in total. The van der Waals surface area contributed by atoms with Crippen LogP contribution < -0.4 is 15.4 Å². The first-order valence-corrected chi connectivity index (χ1v) is 13.7. The molecular weight excluding hydrogens is 545 g/mol. The van der Waals surface area contributed by atoms with Gasteiger partial charge in [-0.25, -0.2) is 41.2 Å². The van der Waals surface area contributed by atoms with Crippen molar-refractivity contribution in [2.75, 3.05) is 21.9 Å². The summed E-state index contributed by atoms with van der Waals surface area (Å²) in [6, 6.07) is 8.73.